The van der Waals surface area contributed by atoms with Crippen LogP contribution in [-0.2, 0) is 9.53 Å². The van der Waals surface area contributed by atoms with Crippen LogP contribution in [0, 0.1) is 16.0 Å². The Morgan fingerprint density at radius 1 is 0.444 bits per heavy atom. The molecule has 19 rings (SSSR count). The summed E-state index contributed by atoms with van der Waals surface area (Å²) in [6.07, 6.45) is 40.0. The van der Waals surface area contributed by atoms with E-state index in [2.05, 4.69) is 45.5 Å². The maximum absolute atomic E-state index is 12.6. The van der Waals surface area contributed by atoms with Gasteiger partial charge in [0.1, 0.15) is 21.1 Å². The molecule has 1 amide bonds. The average Bonchev–Trinajstić information content (AvgIpc) is 1.66. The minimum atomic E-state index is -0.514. The molecule has 39 heteroatoms. The molecule has 0 radical (unpaired) electrons. The third kappa shape index (κ3) is 27.1. The smallest absolute Gasteiger partial charge is 0.324 e. The number of morpholine rings is 1. The van der Waals surface area contributed by atoms with Gasteiger partial charge in [-0.1, -0.05) is 64.9 Å². The van der Waals surface area contributed by atoms with Crippen LogP contribution in [0.15, 0.2) is 260 Å². The van der Waals surface area contributed by atoms with E-state index >= 15 is 0 Å². The van der Waals surface area contributed by atoms with Crippen molar-refractivity contribution >= 4 is 228 Å². The third-order valence-electron chi connectivity index (χ3n) is 19.2. The van der Waals surface area contributed by atoms with E-state index in [0.717, 1.165) is 77.5 Å². The zero-order valence-corrected chi connectivity index (χ0v) is 77.7. The van der Waals surface area contributed by atoms with Crippen LogP contribution in [0.1, 0.15) is 141 Å². The predicted octanol–water partition coefficient (Wildman–Crippen LogP) is 21.1. The number of carbonyl (C=O) groups excluding carboxylic acids is 7. The minimum absolute atomic E-state index is 0.0176. The van der Waals surface area contributed by atoms with E-state index in [4.69, 9.17) is 41.5 Å². The number of ether oxygens (including phenoxy) is 2. The highest BCUT2D eigenvalue weighted by atomic mass is 35.5. The largest absolute Gasteiger partial charge is 0.493 e. The Morgan fingerprint density at radius 2 is 0.865 bits per heavy atom. The van der Waals surface area contributed by atoms with Gasteiger partial charge in [-0.25, -0.2) is 38.1 Å². The molecule has 0 bridgehead atoms. The quantitative estimate of drug-likeness (QED) is 0.0366. The van der Waals surface area contributed by atoms with Crippen molar-refractivity contribution in [3.63, 3.8) is 0 Å². The molecule has 0 spiro atoms. The lowest BCUT2D eigenvalue weighted by molar-refractivity contribution is -0.380. The first kappa shape index (κ1) is 94.6. The number of nitro groups is 1. The fourth-order valence-electron chi connectivity index (χ4n) is 12.4. The molecular formula is C94H77Cl2N17O13S7. The number of aromatic nitrogens is 14. The predicted molar refractivity (Wildman–Crippen MR) is 524 cm³/mol. The van der Waals surface area contributed by atoms with Crippen LogP contribution >= 0.6 is 103 Å². The lowest BCUT2D eigenvalue weighted by Gasteiger charge is -2.30. The number of halogens is 2. The Balaban J connectivity index is 0.000000129. The van der Waals surface area contributed by atoms with Crippen LogP contribution in [0.3, 0.4) is 0 Å². The van der Waals surface area contributed by atoms with Crippen LogP contribution in [-0.4, -0.2) is 166 Å². The molecule has 17 aromatic rings. The molecule has 2 aliphatic rings. The number of likely N-dealkylation sites (tertiary alicyclic amines) is 1. The van der Waals surface area contributed by atoms with E-state index in [1.807, 2.05) is 173 Å². The van der Waals surface area contributed by atoms with Gasteiger partial charge in [0.05, 0.1) is 94.2 Å². The minimum Gasteiger partial charge on any atom is -0.493 e. The summed E-state index contributed by atoms with van der Waals surface area (Å²) in [4.78, 5) is 113. The molecule has 19 heterocycles. The maximum Gasteiger partial charge on any atom is 0.324 e. The maximum atomic E-state index is 12.6. The molecule has 30 nitrogen and oxygen atoms in total. The SMILES string of the molecule is CC(=O)N1CCC(C(=O)n2ccc(/C=C/c3cccs3)n2)CC1.COc1c(C(=O)n2ccc(/C=C/c3cccs3)n2)csc1Cl.O=C(c1ccc(Cl)nc1)n1ccc(/C=C/c2cccs2)n1.O=C(c1ccc(N2CCOCC2)nc1)n1ccc(/C=C/c2ccco2)n1.O=C(c1ccco1)n1ccc(/C=C/c2cccs2)n1.O=C(c1csc([N+](=O)[O-])c1)n1ccc(/C=C/c2cccs2)n1. The third-order valence-corrected chi connectivity index (χ3v) is 25.6. The first-order valence-corrected chi connectivity index (χ1v) is 47.4. The Bertz CT molecular complexity index is 6860. The summed E-state index contributed by atoms with van der Waals surface area (Å²) >= 11 is 22.1. The normalized spacial score (nSPS) is 12.7. The number of hydrogen-bond donors (Lipinski definition) is 0. The van der Waals surface area contributed by atoms with Gasteiger partial charge >= 0.3 is 10.9 Å². The molecule has 2 fully saturated rings. The van der Waals surface area contributed by atoms with E-state index in [1.54, 1.807) is 196 Å². The highest BCUT2D eigenvalue weighted by Gasteiger charge is 2.28. The number of piperidine rings is 1. The van der Waals surface area contributed by atoms with Crippen molar-refractivity contribution in [3.8, 4) is 5.75 Å². The molecule has 0 unspecified atom stereocenters. The summed E-state index contributed by atoms with van der Waals surface area (Å²) in [5, 5.41) is 49.6. The van der Waals surface area contributed by atoms with Crippen LogP contribution in [0.5, 0.6) is 5.75 Å². The van der Waals surface area contributed by atoms with E-state index in [9.17, 15) is 43.7 Å². The van der Waals surface area contributed by atoms with Crippen molar-refractivity contribution in [3.05, 3.63) is 363 Å². The molecule has 672 valence electrons. The summed E-state index contributed by atoms with van der Waals surface area (Å²) in [5.41, 5.74) is 5.85. The second-order valence-corrected chi connectivity index (χ2v) is 35.7. The Labute approximate surface area is 797 Å². The number of furan rings is 2. The number of thiophene rings is 7. The zero-order chi connectivity index (χ0) is 92.8. The molecule has 133 heavy (non-hydrogen) atoms. The number of rotatable bonds is 21. The summed E-state index contributed by atoms with van der Waals surface area (Å²) in [6, 6.07) is 45.7. The summed E-state index contributed by atoms with van der Waals surface area (Å²) < 4.78 is 29.0. The van der Waals surface area contributed by atoms with Gasteiger partial charge in [-0.2, -0.15) is 30.6 Å². The van der Waals surface area contributed by atoms with Gasteiger partial charge in [0.2, 0.25) is 11.8 Å². The zero-order valence-electron chi connectivity index (χ0n) is 70.4. The Morgan fingerprint density at radius 3 is 1.26 bits per heavy atom. The molecule has 2 saturated heterocycles. The van der Waals surface area contributed by atoms with Crippen molar-refractivity contribution in [2.24, 2.45) is 5.92 Å². The van der Waals surface area contributed by atoms with Crippen molar-refractivity contribution in [1.29, 1.82) is 0 Å². The van der Waals surface area contributed by atoms with E-state index in [0.29, 0.717) is 88.2 Å². The number of hydrogen-bond acceptors (Lipinski definition) is 29. The number of methoxy groups -OCH3 is 1. The van der Waals surface area contributed by atoms with Gasteiger partial charge < -0.3 is 28.1 Å². The van der Waals surface area contributed by atoms with Gasteiger partial charge in [-0.05, 0) is 228 Å². The monoisotopic (exact) mass is 1950 g/mol. The lowest BCUT2D eigenvalue weighted by atomic mass is 9.96. The lowest BCUT2D eigenvalue weighted by Crippen LogP contribution is -2.40. The molecule has 0 aromatic carbocycles. The number of amides is 1. The van der Waals surface area contributed by atoms with E-state index < -0.39 is 4.92 Å². The highest BCUT2D eigenvalue weighted by Crippen LogP contribution is 2.36. The second kappa shape index (κ2) is 47.4. The number of carbonyl (C=O) groups is 7. The summed E-state index contributed by atoms with van der Waals surface area (Å²) in [6.45, 7) is 5.89. The van der Waals surface area contributed by atoms with Crippen LogP contribution < -0.4 is 9.64 Å². The van der Waals surface area contributed by atoms with Gasteiger partial charge in [0.25, 0.3) is 23.6 Å². The molecule has 0 aliphatic carbocycles. The van der Waals surface area contributed by atoms with E-state index in [-0.39, 0.29) is 63.6 Å². The van der Waals surface area contributed by atoms with Crippen molar-refractivity contribution in [2.75, 3.05) is 51.4 Å². The Kier molecular flexibility index (Phi) is 33.7. The van der Waals surface area contributed by atoms with Gasteiger partial charge in [-0.3, -0.25) is 43.7 Å². The first-order valence-electron chi connectivity index (χ1n) is 40.4. The Hall–Kier alpha value is -14.5. The highest BCUT2D eigenvalue weighted by molar-refractivity contribution is 7.15. The molecule has 0 N–H and O–H groups in total. The molecule has 0 atom stereocenters. The molecule has 17 aromatic heterocycles. The van der Waals surface area contributed by atoms with Gasteiger partial charge in [0, 0.05) is 130 Å². The fraction of sp³-hybridized carbons (Fsp3) is 0.117. The van der Waals surface area contributed by atoms with Gasteiger partial charge in [0.15, 0.2) is 11.5 Å². The second-order valence-electron chi connectivity index (χ2n) is 28.1. The van der Waals surface area contributed by atoms with Crippen LogP contribution in [0.25, 0.3) is 72.9 Å². The van der Waals surface area contributed by atoms with Gasteiger partial charge in [-0.15, -0.1) is 68.0 Å². The van der Waals surface area contributed by atoms with Crippen LogP contribution in [0.4, 0.5) is 10.8 Å². The van der Waals surface area contributed by atoms with Crippen molar-refractivity contribution in [1.82, 2.24) is 73.6 Å². The molecule has 2 aliphatic heterocycles. The molecular weight excluding hydrogens is 1870 g/mol. The number of nitrogens with zero attached hydrogens (tertiary/aromatic N) is 17. The van der Waals surface area contributed by atoms with Crippen LogP contribution in [0.2, 0.25) is 9.49 Å². The topological polar surface area (TPSA) is 347 Å². The number of pyridine rings is 2. The first-order chi connectivity index (χ1) is 64.8. The van der Waals surface area contributed by atoms with E-state index in [1.165, 1.54) is 70.4 Å². The molecule has 0 saturated carbocycles. The average molecular weight is 1950 g/mol. The van der Waals surface area contributed by atoms with Crippen molar-refractivity contribution < 1.29 is 56.8 Å². The van der Waals surface area contributed by atoms with Crippen molar-refractivity contribution in [2.45, 2.75) is 19.8 Å². The summed E-state index contributed by atoms with van der Waals surface area (Å²) in [7, 11) is 1.49. The fourth-order valence-corrected chi connectivity index (χ4v) is 17.4. The standard InChI is InChI=1S/C19H18N4O3.C17H19N3O2S.C15H10ClN3OS.C15H11ClN2O2S2.C14H9N3O3S2.C14H10N2O2S/c24-19(15-3-6-18(20-14-15)22-9-12-25-13-10-22)23-8-7-16(21-23)4-5-17-2-1-11-26-17;1-13(21)19-9-6-14(7-10-19)17(22)20-11-8-15(18-20)4-5-16-3-2-12-23-16;16-14-6-3-11(10-17-14)15(20)19-8-7-12(18-19)4-5-13-2-1-9-21-13;1-20-13-12(9-22-14(13)16)15(19)18-7-6-10(17-18)4-5-11-3-2-8-21-11;18-14(10-8-13(17(19)20)22-9-10)16-6-5-11(15-16)3-4-12-2-1-7-21-12;17-14(13-4-1-9-18-13)16-8-7-11(15-16)5-6-12-3-2-10-19-12/h1-8,11,14H,9-10,12-13H2;2-5,8,11-12,14H,6-7,9-10H2,1H3;1-10H;2-9H,1H3;1-9H;1-10H/b4*5-4+;4-3+;6-5+. The number of anilines is 1. The summed E-state index contributed by atoms with van der Waals surface area (Å²) in [5.74, 6) is 0.899.